The molecule has 0 amide bonds. The normalized spacial score (nSPS) is 20.2. The molecule has 1 rings (SSSR count). The zero-order valence-corrected chi connectivity index (χ0v) is 14.6. The topological polar surface area (TPSA) is 101 Å². The molecule has 0 spiro atoms. The van der Waals surface area contributed by atoms with E-state index in [4.69, 9.17) is 10.8 Å². The minimum absolute atomic E-state index is 0.00793. The van der Waals surface area contributed by atoms with Crippen LogP contribution in [0.5, 0.6) is 0 Å². The largest absolute Gasteiger partial charge is 0.478 e. The second-order valence-electron chi connectivity index (χ2n) is 6.70. The van der Waals surface area contributed by atoms with Gasteiger partial charge in [0, 0.05) is 5.57 Å². The molecule has 1 saturated carbocycles. The molecule has 1 aliphatic carbocycles. The molecule has 2 atom stereocenters. The Balaban J connectivity index is 2.48. The van der Waals surface area contributed by atoms with Gasteiger partial charge in [0.05, 0.1) is 11.9 Å². The predicted molar refractivity (Wildman–Crippen MR) is 89.1 cm³/mol. The summed E-state index contributed by atoms with van der Waals surface area (Å²) in [5, 5.41) is 9.10. The lowest BCUT2D eigenvalue weighted by Gasteiger charge is -2.23. The summed E-state index contributed by atoms with van der Waals surface area (Å²) in [6.45, 7) is 3.27. The summed E-state index contributed by atoms with van der Waals surface area (Å²) >= 11 is 0. The molecular formula is C16H30NO4P. The van der Waals surface area contributed by atoms with E-state index in [2.05, 4.69) is 0 Å². The minimum atomic E-state index is -3.68. The molecule has 4 N–H and O–H groups in total. The molecule has 2 unspecified atom stereocenters. The SMILES string of the molecule is CC(C)=C(CP(=O)(O)C(N)CCCC1CCCCC1)C(=O)O. The van der Waals surface area contributed by atoms with Crippen molar-refractivity contribution >= 4 is 13.3 Å². The average molecular weight is 331 g/mol. The average Bonchev–Trinajstić information content (AvgIpc) is 2.45. The van der Waals surface area contributed by atoms with Crippen LogP contribution in [0.15, 0.2) is 11.1 Å². The van der Waals surface area contributed by atoms with Crippen LogP contribution in [0.1, 0.15) is 65.2 Å². The van der Waals surface area contributed by atoms with Gasteiger partial charge in [-0.3, -0.25) is 4.57 Å². The maximum absolute atomic E-state index is 12.3. The first-order valence-corrected chi connectivity index (χ1v) is 10.1. The van der Waals surface area contributed by atoms with Gasteiger partial charge >= 0.3 is 5.97 Å². The van der Waals surface area contributed by atoms with Crippen molar-refractivity contribution in [3.05, 3.63) is 11.1 Å². The summed E-state index contributed by atoms with van der Waals surface area (Å²) in [4.78, 5) is 21.3. The lowest BCUT2D eigenvalue weighted by Crippen LogP contribution is -2.24. The molecule has 0 aromatic carbocycles. The molecule has 0 aromatic heterocycles. The molecule has 1 aliphatic rings. The predicted octanol–water partition coefficient (Wildman–Crippen LogP) is 3.71. The van der Waals surface area contributed by atoms with Crippen LogP contribution in [-0.4, -0.2) is 27.9 Å². The summed E-state index contributed by atoms with van der Waals surface area (Å²) in [5.74, 6) is -1.24. The number of hydrogen-bond acceptors (Lipinski definition) is 3. The van der Waals surface area contributed by atoms with Gasteiger partial charge in [-0.2, -0.15) is 0 Å². The van der Waals surface area contributed by atoms with Crippen LogP contribution in [0, 0.1) is 5.92 Å². The molecule has 0 saturated heterocycles. The number of aliphatic carboxylic acids is 1. The summed E-state index contributed by atoms with van der Waals surface area (Å²) in [7, 11) is -3.68. The summed E-state index contributed by atoms with van der Waals surface area (Å²) in [6, 6.07) is 0. The van der Waals surface area contributed by atoms with E-state index in [1.54, 1.807) is 13.8 Å². The van der Waals surface area contributed by atoms with Gasteiger partial charge in [0.2, 0.25) is 7.37 Å². The van der Waals surface area contributed by atoms with E-state index in [0.29, 0.717) is 12.0 Å². The fourth-order valence-electron chi connectivity index (χ4n) is 3.08. The van der Waals surface area contributed by atoms with E-state index in [0.717, 1.165) is 18.8 Å². The molecule has 22 heavy (non-hydrogen) atoms. The Hall–Kier alpha value is -0.640. The van der Waals surface area contributed by atoms with E-state index in [-0.39, 0.29) is 11.7 Å². The molecular weight excluding hydrogens is 301 g/mol. The molecule has 0 radical (unpaired) electrons. The van der Waals surface area contributed by atoms with E-state index in [1.807, 2.05) is 0 Å². The third-order valence-corrected chi connectivity index (χ3v) is 6.67. The van der Waals surface area contributed by atoms with Crippen molar-refractivity contribution in [2.45, 2.75) is 71.0 Å². The van der Waals surface area contributed by atoms with Crippen LogP contribution >= 0.6 is 7.37 Å². The van der Waals surface area contributed by atoms with Crippen LogP contribution in [0.4, 0.5) is 0 Å². The molecule has 0 bridgehead atoms. The first-order valence-electron chi connectivity index (χ1n) is 8.20. The first kappa shape index (κ1) is 19.4. The Bertz CT molecular complexity index is 451. The molecule has 0 aliphatic heterocycles. The summed E-state index contributed by atoms with van der Waals surface area (Å²) < 4.78 is 12.3. The highest BCUT2D eigenvalue weighted by Gasteiger charge is 2.31. The van der Waals surface area contributed by atoms with Gasteiger partial charge in [-0.15, -0.1) is 0 Å². The number of nitrogens with two attached hydrogens (primary N) is 1. The van der Waals surface area contributed by atoms with Crippen molar-refractivity contribution in [1.29, 1.82) is 0 Å². The Labute approximate surface area is 133 Å². The molecule has 0 aromatic rings. The van der Waals surface area contributed by atoms with Gasteiger partial charge in [-0.05, 0) is 26.2 Å². The van der Waals surface area contributed by atoms with Gasteiger partial charge in [0.25, 0.3) is 0 Å². The standard InChI is InChI=1S/C16H30NO4P/c1-12(2)14(16(18)19)11-22(20,21)15(17)10-6-9-13-7-4-3-5-8-13/h13,15H,3-11,17H2,1-2H3,(H,18,19)(H,20,21). The zero-order chi connectivity index (χ0) is 16.8. The summed E-state index contributed by atoms with van der Waals surface area (Å²) in [6.07, 6.45) is 8.46. The minimum Gasteiger partial charge on any atom is -0.478 e. The number of carbonyl (C=O) groups is 1. The number of carboxylic acid groups (broad SMARTS) is 1. The third-order valence-electron chi connectivity index (χ3n) is 4.60. The van der Waals surface area contributed by atoms with Crippen molar-refractivity contribution in [2.24, 2.45) is 11.7 Å². The molecule has 1 fully saturated rings. The van der Waals surface area contributed by atoms with Gasteiger partial charge < -0.3 is 15.7 Å². The van der Waals surface area contributed by atoms with Crippen molar-refractivity contribution in [1.82, 2.24) is 0 Å². The highest BCUT2D eigenvalue weighted by Crippen LogP contribution is 2.48. The maximum atomic E-state index is 12.3. The number of rotatable bonds is 8. The fourth-order valence-corrected chi connectivity index (χ4v) is 4.80. The quantitative estimate of drug-likeness (QED) is 0.465. The van der Waals surface area contributed by atoms with Crippen molar-refractivity contribution in [3.63, 3.8) is 0 Å². The second-order valence-corrected chi connectivity index (χ2v) is 9.19. The highest BCUT2D eigenvalue weighted by atomic mass is 31.2. The van der Waals surface area contributed by atoms with Crippen LogP contribution in [-0.2, 0) is 9.36 Å². The van der Waals surface area contributed by atoms with Crippen molar-refractivity contribution in [3.8, 4) is 0 Å². The van der Waals surface area contributed by atoms with Crippen LogP contribution in [0.2, 0.25) is 0 Å². The maximum Gasteiger partial charge on any atom is 0.332 e. The van der Waals surface area contributed by atoms with Crippen molar-refractivity contribution in [2.75, 3.05) is 6.16 Å². The summed E-state index contributed by atoms with van der Waals surface area (Å²) in [5.41, 5.74) is 6.45. The van der Waals surface area contributed by atoms with E-state index >= 15 is 0 Å². The Morgan fingerprint density at radius 2 is 1.86 bits per heavy atom. The smallest absolute Gasteiger partial charge is 0.332 e. The van der Waals surface area contributed by atoms with E-state index in [1.165, 1.54) is 32.1 Å². The van der Waals surface area contributed by atoms with Gasteiger partial charge in [0.15, 0.2) is 0 Å². The fraction of sp³-hybridized carbons (Fsp3) is 0.812. The van der Waals surface area contributed by atoms with Gasteiger partial charge in [-0.25, -0.2) is 4.79 Å². The number of carboxylic acids is 1. The molecule has 5 nitrogen and oxygen atoms in total. The Morgan fingerprint density at radius 3 is 2.36 bits per heavy atom. The van der Waals surface area contributed by atoms with E-state index < -0.39 is 19.1 Å². The van der Waals surface area contributed by atoms with E-state index in [9.17, 15) is 14.3 Å². The van der Waals surface area contributed by atoms with Gasteiger partial charge in [0.1, 0.15) is 0 Å². The molecule has 0 heterocycles. The number of allylic oxidation sites excluding steroid dienone is 1. The lowest BCUT2D eigenvalue weighted by atomic mass is 9.86. The second kappa shape index (κ2) is 8.85. The monoisotopic (exact) mass is 331 g/mol. The van der Waals surface area contributed by atoms with Crippen LogP contribution in [0.25, 0.3) is 0 Å². The first-order chi connectivity index (χ1) is 10.2. The number of hydrogen-bond donors (Lipinski definition) is 3. The van der Waals surface area contributed by atoms with Crippen LogP contribution in [0.3, 0.4) is 0 Å². The molecule has 6 heteroatoms. The third kappa shape index (κ3) is 6.23. The lowest BCUT2D eigenvalue weighted by molar-refractivity contribution is -0.132. The zero-order valence-electron chi connectivity index (χ0n) is 13.8. The van der Waals surface area contributed by atoms with Gasteiger partial charge in [-0.1, -0.05) is 50.5 Å². The highest BCUT2D eigenvalue weighted by molar-refractivity contribution is 7.59. The Morgan fingerprint density at radius 1 is 1.27 bits per heavy atom. The Kier molecular flexibility index (Phi) is 7.81. The molecule has 128 valence electrons. The van der Waals surface area contributed by atoms with Crippen molar-refractivity contribution < 1.29 is 19.4 Å². The van der Waals surface area contributed by atoms with Crippen LogP contribution < -0.4 is 5.73 Å².